The molecule has 0 bridgehead atoms. The lowest BCUT2D eigenvalue weighted by atomic mass is 10.4. The van der Waals surface area contributed by atoms with Crippen molar-refractivity contribution in [3.8, 4) is 0 Å². The minimum absolute atomic E-state index is 0.740. The van der Waals surface area contributed by atoms with Crippen molar-refractivity contribution in [2.24, 2.45) is 0 Å². The Morgan fingerprint density at radius 1 is 1.00 bits per heavy atom. The molecule has 0 spiro atoms. The van der Waals surface area contributed by atoms with Crippen LogP contribution in [0.1, 0.15) is 13.3 Å². The molecule has 0 aliphatic rings. The van der Waals surface area contributed by atoms with E-state index in [0.29, 0.717) is 0 Å². The fourth-order valence-corrected chi connectivity index (χ4v) is 2.35. The Morgan fingerprint density at radius 2 is 1.50 bits per heavy atom. The highest BCUT2D eigenvalue weighted by atomic mass is 28.4. The molecule has 0 saturated carbocycles. The lowest BCUT2D eigenvalue weighted by Gasteiger charge is -2.22. The molecule has 4 heteroatoms. The Balaban J connectivity index is 4.01. The number of hydrogen-bond acceptors (Lipinski definition) is 3. The van der Waals surface area contributed by atoms with Gasteiger partial charge < -0.3 is 13.3 Å². The molecule has 3 nitrogen and oxygen atoms in total. The number of allylic oxidation sites excluding steroid dienone is 2. The SMILES string of the molecule is CCC=CC[Si](OC)(OC)OC. The third-order valence-electron chi connectivity index (χ3n) is 1.70. The van der Waals surface area contributed by atoms with Gasteiger partial charge in [0.25, 0.3) is 0 Å². The third kappa shape index (κ3) is 3.49. The predicted octanol–water partition coefficient (Wildman–Crippen LogP) is 1.83. The molecule has 0 fully saturated rings. The molecule has 0 radical (unpaired) electrons. The van der Waals surface area contributed by atoms with E-state index in [1.807, 2.05) is 6.08 Å². The first-order valence-corrected chi connectivity index (χ1v) is 5.98. The normalized spacial score (nSPS) is 12.7. The van der Waals surface area contributed by atoms with E-state index in [-0.39, 0.29) is 0 Å². The Kier molecular flexibility index (Phi) is 6.28. The van der Waals surface area contributed by atoms with Crippen LogP contribution in [0.3, 0.4) is 0 Å². The van der Waals surface area contributed by atoms with Crippen LogP contribution < -0.4 is 0 Å². The van der Waals surface area contributed by atoms with Crippen molar-refractivity contribution in [1.29, 1.82) is 0 Å². The molecule has 0 unspecified atom stereocenters. The molecule has 0 aromatic rings. The molecule has 12 heavy (non-hydrogen) atoms. The molecule has 0 atom stereocenters. The second kappa shape index (κ2) is 6.36. The lowest BCUT2D eigenvalue weighted by Crippen LogP contribution is -2.42. The van der Waals surface area contributed by atoms with Crippen LogP contribution in [0.15, 0.2) is 12.2 Å². The maximum atomic E-state index is 5.23. The van der Waals surface area contributed by atoms with Crippen molar-refractivity contribution in [3.05, 3.63) is 12.2 Å². The van der Waals surface area contributed by atoms with Crippen LogP contribution in [0, 0.1) is 0 Å². The molecule has 0 rings (SSSR count). The van der Waals surface area contributed by atoms with Gasteiger partial charge in [-0.05, 0) is 6.42 Å². The summed E-state index contributed by atoms with van der Waals surface area (Å²) in [6.07, 6.45) is 5.16. The van der Waals surface area contributed by atoms with Gasteiger partial charge in [0, 0.05) is 27.4 Å². The average Bonchev–Trinajstić information content (AvgIpc) is 2.14. The molecular formula is C8H18O3Si. The molecular weight excluding hydrogens is 172 g/mol. The molecule has 72 valence electrons. The Morgan fingerprint density at radius 3 is 1.83 bits per heavy atom. The zero-order valence-corrected chi connectivity index (χ0v) is 9.29. The lowest BCUT2D eigenvalue weighted by molar-refractivity contribution is 0.127. The topological polar surface area (TPSA) is 27.7 Å². The second-order valence-corrected chi connectivity index (χ2v) is 5.38. The van der Waals surface area contributed by atoms with Gasteiger partial charge in [0.15, 0.2) is 0 Å². The minimum atomic E-state index is -2.34. The molecule has 0 amide bonds. The molecule has 0 saturated heterocycles. The summed E-state index contributed by atoms with van der Waals surface area (Å²) in [7, 11) is 2.53. The van der Waals surface area contributed by atoms with Gasteiger partial charge in [0.05, 0.1) is 0 Å². The molecule has 0 heterocycles. The van der Waals surface area contributed by atoms with E-state index < -0.39 is 8.80 Å². The van der Waals surface area contributed by atoms with Crippen LogP contribution >= 0.6 is 0 Å². The van der Waals surface area contributed by atoms with E-state index in [9.17, 15) is 0 Å². The standard InChI is InChI=1S/C8H18O3Si/c1-5-6-7-8-12(9-2,10-3)11-4/h6-7H,5,8H2,1-4H3. The average molecular weight is 190 g/mol. The minimum Gasteiger partial charge on any atom is -0.377 e. The summed E-state index contributed by atoms with van der Waals surface area (Å²) < 4.78 is 15.7. The van der Waals surface area contributed by atoms with Crippen molar-refractivity contribution in [3.63, 3.8) is 0 Å². The summed E-state index contributed by atoms with van der Waals surface area (Å²) in [6, 6.07) is 0.740. The van der Waals surface area contributed by atoms with E-state index in [2.05, 4.69) is 13.0 Å². The summed E-state index contributed by atoms with van der Waals surface area (Å²) in [4.78, 5) is 0. The van der Waals surface area contributed by atoms with Gasteiger partial charge in [-0.15, -0.1) is 0 Å². The molecule has 0 aliphatic heterocycles. The van der Waals surface area contributed by atoms with Gasteiger partial charge in [0.1, 0.15) is 0 Å². The maximum absolute atomic E-state index is 5.23. The van der Waals surface area contributed by atoms with E-state index in [0.717, 1.165) is 12.5 Å². The molecule has 0 N–H and O–H groups in total. The van der Waals surface area contributed by atoms with E-state index in [1.165, 1.54) is 0 Å². The van der Waals surface area contributed by atoms with E-state index in [4.69, 9.17) is 13.3 Å². The van der Waals surface area contributed by atoms with Crippen LogP contribution in [-0.4, -0.2) is 30.1 Å². The van der Waals surface area contributed by atoms with Crippen molar-refractivity contribution in [1.82, 2.24) is 0 Å². The number of rotatable bonds is 6. The van der Waals surface area contributed by atoms with Gasteiger partial charge in [-0.2, -0.15) is 0 Å². The Hall–Kier alpha value is -0.163. The van der Waals surface area contributed by atoms with Crippen molar-refractivity contribution < 1.29 is 13.3 Å². The quantitative estimate of drug-likeness (QED) is 0.472. The third-order valence-corrected chi connectivity index (χ3v) is 4.30. The summed E-state index contributed by atoms with van der Waals surface area (Å²) in [6.45, 7) is 2.09. The largest absolute Gasteiger partial charge is 0.504 e. The summed E-state index contributed by atoms with van der Waals surface area (Å²) in [5.41, 5.74) is 0. The zero-order chi connectivity index (χ0) is 9.45. The van der Waals surface area contributed by atoms with Crippen molar-refractivity contribution in [2.75, 3.05) is 21.3 Å². The van der Waals surface area contributed by atoms with Crippen LogP contribution in [0.2, 0.25) is 6.04 Å². The maximum Gasteiger partial charge on any atom is 0.504 e. The first kappa shape index (κ1) is 11.8. The van der Waals surface area contributed by atoms with Gasteiger partial charge in [-0.1, -0.05) is 19.1 Å². The van der Waals surface area contributed by atoms with Crippen LogP contribution in [-0.2, 0) is 13.3 Å². The second-order valence-electron chi connectivity index (χ2n) is 2.38. The summed E-state index contributed by atoms with van der Waals surface area (Å²) >= 11 is 0. The van der Waals surface area contributed by atoms with E-state index >= 15 is 0 Å². The highest BCUT2D eigenvalue weighted by Crippen LogP contribution is 2.12. The highest BCUT2D eigenvalue weighted by Gasteiger charge is 2.35. The fourth-order valence-electron chi connectivity index (χ4n) is 0.894. The van der Waals surface area contributed by atoms with Gasteiger partial charge >= 0.3 is 8.80 Å². The summed E-state index contributed by atoms with van der Waals surface area (Å²) in [5.74, 6) is 0. The summed E-state index contributed by atoms with van der Waals surface area (Å²) in [5, 5.41) is 0. The number of hydrogen-bond donors (Lipinski definition) is 0. The molecule has 0 aliphatic carbocycles. The van der Waals surface area contributed by atoms with Gasteiger partial charge in [-0.25, -0.2) is 0 Å². The molecule has 0 aromatic heterocycles. The van der Waals surface area contributed by atoms with Crippen LogP contribution in [0.5, 0.6) is 0 Å². The Bertz CT molecular complexity index is 124. The van der Waals surface area contributed by atoms with Crippen LogP contribution in [0.25, 0.3) is 0 Å². The predicted molar refractivity (Wildman–Crippen MR) is 51.0 cm³/mol. The first-order chi connectivity index (χ1) is 5.74. The van der Waals surface area contributed by atoms with Gasteiger partial charge in [-0.3, -0.25) is 0 Å². The van der Waals surface area contributed by atoms with Crippen LogP contribution in [0.4, 0.5) is 0 Å². The monoisotopic (exact) mass is 190 g/mol. The Labute approximate surface area is 75.7 Å². The fraction of sp³-hybridized carbons (Fsp3) is 0.750. The van der Waals surface area contributed by atoms with Gasteiger partial charge in [0.2, 0.25) is 0 Å². The first-order valence-electron chi connectivity index (χ1n) is 4.05. The highest BCUT2D eigenvalue weighted by molar-refractivity contribution is 6.61. The molecule has 0 aromatic carbocycles. The zero-order valence-electron chi connectivity index (χ0n) is 8.29. The smallest absolute Gasteiger partial charge is 0.377 e. The van der Waals surface area contributed by atoms with E-state index in [1.54, 1.807) is 21.3 Å². The van der Waals surface area contributed by atoms with Crippen molar-refractivity contribution in [2.45, 2.75) is 19.4 Å². The van der Waals surface area contributed by atoms with Crippen molar-refractivity contribution >= 4 is 8.80 Å².